The van der Waals surface area contributed by atoms with Crippen molar-refractivity contribution in [2.45, 2.75) is 13.3 Å². The number of rotatable bonds is 3. The van der Waals surface area contributed by atoms with Crippen LogP contribution in [0.15, 0.2) is 29.9 Å². The van der Waals surface area contributed by atoms with Crippen LogP contribution in [0.2, 0.25) is 0 Å². The summed E-state index contributed by atoms with van der Waals surface area (Å²) >= 11 is 1.58. The Bertz CT molecular complexity index is 776. The van der Waals surface area contributed by atoms with E-state index in [4.69, 9.17) is 4.74 Å². The van der Waals surface area contributed by atoms with Crippen molar-refractivity contribution in [1.29, 1.82) is 0 Å². The molecule has 0 aliphatic rings. The number of ether oxygens (including phenoxy) is 1. The number of hydrogen-bond acceptors (Lipinski definition) is 5. The number of benzene rings is 1. The van der Waals surface area contributed by atoms with Gasteiger partial charge in [0.1, 0.15) is 5.56 Å². The fourth-order valence-corrected chi connectivity index (χ4v) is 2.90. The maximum Gasteiger partial charge on any atom is 0.341 e. The second-order valence-electron chi connectivity index (χ2n) is 4.27. The molecule has 3 aromatic rings. The average Bonchev–Trinajstić information content (AvgIpc) is 3.11. The molecule has 0 N–H and O–H groups in total. The van der Waals surface area contributed by atoms with Gasteiger partial charge in [0.15, 0.2) is 0 Å². The Hall–Kier alpha value is -2.21. The molecular weight excluding hydrogens is 274 g/mol. The Morgan fingerprint density at radius 1 is 1.45 bits per heavy atom. The van der Waals surface area contributed by atoms with Crippen molar-refractivity contribution in [3.05, 3.63) is 41.2 Å². The maximum atomic E-state index is 11.7. The second kappa shape index (κ2) is 5.05. The van der Waals surface area contributed by atoms with Crippen molar-refractivity contribution in [1.82, 2.24) is 14.8 Å². The molecule has 0 amide bonds. The molecule has 0 atom stereocenters. The minimum atomic E-state index is -0.355. The van der Waals surface area contributed by atoms with Gasteiger partial charge < -0.3 is 4.74 Å². The van der Waals surface area contributed by atoms with E-state index in [0.29, 0.717) is 12.0 Å². The predicted molar refractivity (Wildman–Crippen MR) is 77.5 cm³/mol. The van der Waals surface area contributed by atoms with Crippen LogP contribution in [0.3, 0.4) is 0 Å². The van der Waals surface area contributed by atoms with Gasteiger partial charge in [0.2, 0.25) is 0 Å². The highest BCUT2D eigenvalue weighted by Crippen LogP contribution is 2.23. The average molecular weight is 287 g/mol. The summed E-state index contributed by atoms with van der Waals surface area (Å²) in [7, 11) is 1.38. The van der Waals surface area contributed by atoms with E-state index in [-0.39, 0.29) is 5.97 Å². The first kappa shape index (κ1) is 12.8. The van der Waals surface area contributed by atoms with Gasteiger partial charge >= 0.3 is 5.97 Å². The molecule has 1 aromatic carbocycles. The van der Waals surface area contributed by atoms with Crippen LogP contribution in [0.1, 0.15) is 23.0 Å². The first-order chi connectivity index (χ1) is 9.74. The van der Waals surface area contributed by atoms with E-state index in [1.54, 1.807) is 22.2 Å². The highest BCUT2D eigenvalue weighted by molar-refractivity contribution is 7.16. The SMILES string of the molecule is CCc1c(C(=O)OC)cnn1-c1ccc2ncsc2c1. The van der Waals surface area contributed by atoms with Crippen LogP contribution in [0, 0.1) is 0 Å². The lowest BCUT2D eigenvalue weighted by atomic mass is 10.2. The smallest absolute Gasteiger partial charge is 0.341 e. The van der Waals surface area contributed by atoms with E-state index >= 15 is 0 Å². The molecule has 0 radical (unpaired) electrons. The Balaban J connectivity index is 2.13. The van der Waals surface area contributed by atoms with Gasteiger partial charge in [-0.25, -0.2) is 14.5 Å². The fourth-order valence-electron chi connectivity index (χ4n) is 2.19. The molecule has 3 rings (SSSR count). The molecule has 20 heavy (non-hydrogen) atoms. The van der Waals surface area contributed by atoms with Crippen molar-refractivity contribution >= 4 is 27.5 Å². The molecule has 0 spiro atoms. The Morgan fingerprint density at radius 3 is 3.05 bits per heavy atom. The van der Waals surface area contributed by atoms with Crippen molar-refractivity contribution in [2.24, 2.45) is 0 Å². The monoisotopic (exact) mass is 287 g/mol. The minimum Gasteiger partial charge on any atom is -0.465 e. The van der Waals surface area contributed by atoms with Crippen LogP contribution in [0.4, 0.5) is 0 Å². The van der Waals surface area contributed by atoms with Crippen LogP contribution >= 0.6 is 11.3 Å². The van der Waals surface area contributed by atoms with E-state index in [2.05, 4.69) is 10.1 Å². The highest BCUT2D eigenvalue weighted by Gasteiger charge is 2.17. The molecule has 6 heteroatoms. The van der Waals surface area contributed by atoms with Crippen LogP contribution < -0.4 is 0 Å². The summed E-state index contributed by atoms with van der Waals surface area (Å²) in [5.74, 6) is -0.355. The Morgan fingerprint density at radius 2 is 2.30 bits per heavy atom. The van der Waals surface area contributed by atoms with Crippen molar-refractivity contribution < 1.29 is 9.53 Å². The maximum absolute atomic E-state index is 11.7. The molecule has 0 bridgehead atoms. The predicted octanol–water partition coefficient (Wildman–Crippen LogP) is 2.83. The molecule has 0 fully saturated rings. The van der Waals surface area contributed by atoms with E-state index in [1.807, 2.05) is 30.6 Å². The third kappa shape index (κ3) is 1.98. The van der Waals surface area contributed by atoms with E-state index in [9.17, 15) is 4.79 Å². The molecule has 2 aromatic heterocycles. The summed E-state index contributed by atoms with van der Waals surface area (Å²) < 4.78 is 7.67. The Labute approximate surface area is 119 Å². The number of nitrogens with zero attached hydrogens (tertiary/aromatic N) is 3. The highest BCUT2D eigenvalue weighted by atomic mass is 32.1. The topological polar surface area (TPSA) is 57.0 Å². The fraction of sp³-hybridized carbons (Fsp3) is 0.214. The lowest BCUT2D eigenvalue weighted by Crippen LogP contribution is -2.07. The lowest BCUT2D eigenvalue weighted by molar-refractivity contribution is 0.0599. The van der Waals surface area contributed by atoms with Gasteiger partial charge in [-0.1, -0.05) is 6.92 Å². The van der Waals surface area contributed by atoms with Crippen molar-refractivity contribution in [3.63, 3.8) is 0 Å². The molecule has 0 aliphatic heterocycles. The van der Waals surface area contributed by atoms with Crippen molar-refractivity contribution in [3.8, 4) is 5.69 Å². The first-order valence-electron chi connectivity index (χ1n) is 6.23. The first-order valence-corrected chi connectivity index (χ1v) is 7.11. The molecule has 5 nitrogen and oxygen atoms in total. The van der Waals surface area contributed by atoms with Crippen molar-refractivity contribution in [2.75, 3.05) is 7.11 Å². The van der Waals surface area contributed by atoms with Gasteiger partial charge in [-0.3, -0.25) is 0 Å². The van der Waals surface area contributed by atoms with Gasteiger partial charge in [0.05, 0.1) is 40.4 Å². The number of hydrogen-bond donors (Lipinski definition) is 0. The molecule has 0 saturated heterocycles. The number of thiazole rings is 1. The van der Waals surface area contributed by atoms with Crippen LogP contribution in [0.5, 0.6) is 0 Å². The minimum absolute atomic E-state index is 0.355. The summed E-state index contributed by atoms with van der Waals surface area (Å²) in [5, 5.41) is 4.32. The van der Waals surface area contributed by atoms with Gasteiger partial charge in [-0.05, 0) is 24.6 Å². The second-order valence-corrected chi connectivity index (χ2v) is 5.15. The van der Waals surface area contributed by atoms with Gasteiger partial charge in [0.25, 0.3) is 0 Å². The summed E-state index contributed by atoms with van der Waals surface area (Å²) in [6.07, 6.45) is 2.26. The van der Waals surface area contributed by atoms with Gasteiger partial charge in [0, 0.05) is 0 Å². The van der Waals surface area contributed by atoms with Crippen LogP contribution in [0.25, 0.3) is 15.9 Å². The zero-order chi connectivity index (χ0) is 14.1. The number of aromatic nitrogens is 3. The number of carbonyl (C=O) groups excluding carboxylic acids is 1. The largest absolute Gasteiger partial charge is 0.465 e. The standard InChI is InChI=1S/C14H13N3O2S/c1-3-12-10(14(18)19-2)7-16-17(12)9-4-5-11-13(6-9)20-8-15-11/h4-8H,3H2,1-2H3. The summed E-state index contributed by atoms with van der Waals surface area (Å²) in [6, 6.07) is 5.94. The Kier molecular flexibility index (Phi) is 3.23. The zero-order valence-electron chi connectivity index (χ0n) is 11.2. The van der Waals surface area contributed by atoms with Gasteiger partial charge in [-0.15, -0.1) is 11.3 Å². The molecule has 102 valence electrons. The quantitative estimate of drug-likeness (QED) is 0.695. The third-order valence-electron chi connectivity index (χ3n) is 3.17. The number of fused-ring (bicyclic) bond motifs is 1. The lowest BCUT2D eigenvalue weighted by Gasteiger charge is -2.07. The normalized spacial score (nSPS) is 10.9. The van der Waals surface area contributed by atoms with E-state index in [0.717, 1.165) is 21.6 Å². The van der Waals surface area contributed by atoms with Crippen LogP contribution in [-0.2, 0) is 11.2 Å². The number of esters is 1. The van der Waals surface area contributed by atoms with E-state index < -0.39 is 0 Å². The summed E-state index contributed by atoms with van der Waals surface area (Å²) in [5.41, 5.74) is 5.07. The molecular formula is C14H13N3O2S. The number of carbonyl (C=O) groups is 1. The molecule has 0 saturated carbocycles. The summed E-state index contributed by atoms with van der Waals surface area (Å²) in [6.45, 7) is 1.99. The van der Waals surface area contributed by atoms with Crippen LogP contribution in [-0.4, -0.2) is 27.8 Å². The molecule has 0 unspecified atom stereocenters. The summed E-state index contributed by atoms with van der Waals surface area (Å²) in [4.78, 5) is 16.0. The van der Waals surface area contributed by atoms with Gasteiger partial charge in [-0.2, -0.15) is 5.10 Å². The van der Waals surface area contributed by atoms with E-state index in [1.165, 1.54) is 7.11 Å². The zero-order valence-corrected chi connectivity index (χ0v) is 12.0. The third-order valence-corrected chi connectivity index (χ3v) is 3.96. The number of methoxy groups -OCH3 is 1. The molecule has 0 aliphatic carbocycles. The molecule has 2 heterocycles.